The molecule has 0 aliphatic carbocycles. The number of aryl methyl sites for hydroxylation is 2. The maximum Gasteiger partial charge on any atom is 0.210 e. The number of nitrogens with zero attached hydrogens (tertiary/aromatic N) is 5. The van der Waals surface area contributed by atoms with Gasteiger partial charge in [-0.05, 0) is 18.2 Å². The van der Waals surface area contributed by atoms with E-state index in [4.69, 9.17) is 0 Å². The maximum absolute atomic E-state index is 4.22. The molecule has 15 heavy (non-hydrogen) atoms. The van der Waals surface area contributed by atoms with Gasteiger partial charge in [-0.25, -0.2) is 4.57 Å². The fourth-order valence-corrected chi connectivity index (χ4v) is 1.21. The van der Waals surface area contributed by atoms with Crippen LogP contribution in [0.2, 0.25) is 0 Å². The highest BCUT2D eigenvalue weighted by atomic mass is 127. The van der Waals surface area contributed by atoms with E-state index in [9.17, 15) is 0 Å². The van der Waals surface area contributed by atoms with Gasteiger partial charge in [-0.15, -0.1) is 10.2 Å². The number of hydrogen-bond donors (Lipinski definition) is 0. The van der Waals surface area contributed by atoms with E-state index in [1.54, 1.807) is 4.80 Å². The first-order chi connectivity index (χ1) is 6.79. The van der Waals surface area contributed by atoms with Crippen LogP contribution >= 0.6 is 0 Å². The molecule has 0 spiro atoms. The van der Waals surface area contributed by atoms with Gasteiger partial charge in [0.05, 0.1) is 12.1 Å². The fourth-order valence-electron chi connectivity index (χ4n) is 1.21. The summed E-state index contributed by atoms with van der Waals surface area (Å²) in [6, 6.07) is 3.93. The summed E-state index contributed by atoms with van der Waals surface area (Å²) in [6.45, 7) is 2.72. The third-order valence-electron chi connectivity index (χ3n) is 1.93. The Morgan fingerprint density at radius 3 is 2.87 bits per heavy atom. The normalized spacial score (nSPS) is 9.73. The van der Waals surface area contributed by atoms with Crippen molar-refractivity contribution < 1.29 is 28.5 Å². The van der Waals surface area contributed by atoms with Crippen molar-refractivity contribution in [3.05, 3.63) is 24.5 Å². The minimum atomic E-state index is 0. The van der Waals surface area contributed by atoms with Gasteiger partial charge in [-0.2, -0.15) is 4.80 Å². The molecule has 0 saturated heterocycles. The Labute approximate surface area is 105 Å². The highest BCUT2D eigenvalue weighted by Gasteiger charge is 2.07. The van der Waals surface area contributed by atoms with E-state index in [0.29, 0.717) is 5.82 Å². The number of aromatic nitrogens is 5. The van der Waals surface area contributed by atoms with Gasteiger partial charge in [-0.3, -0.25) is 0 Å². The van der Waals surface area contributed by atoms with Crippen molar-refractivity contribution >= 4 is 0 Å². The van der Waals surface area contributed by atoms with E-state index < -0.39 is 0 Å². The van der Waals surface area contributed by atoms with Crippen molar-refractivity contribution in [3.8, 4) is 11.4 Å². The van der Waals surface area contributed by atoms with Crippen LogP contribution in [0.15, 0.2) is 24.5 Å². The van der Waals surface area contributed by atoms with Crippen LogP contribution in [0.1, 0.15) is 6.92 Å². The SMILES string of the molecule is CCn1nnc(-c2ccc[n+](C)c2)n1.[I-]. The molecule has 80 valence electrons. The lowest BCUT2D eigenvalue weighted by Crippen LogP contribution is -3.00. The Balaban J connectivity index is 0.00000112. The molecule has 2 heterocycles. The van der Waals surface area contributed by atoms with Crippen LogP contribution in [0.3, 0.4) is 0 Å². The Bertz CT molecular complexity index is 440. The van der Waals surface area contributed by atoms with Gasteiger partial charge in [0, 0.05) is 6.07 Å². The molecule has 0 N–H and O–H groups in total. The predicted molar refractivity (Wildman–Crippen MR) is 50.1 cm³/mol. The van der Waals surface area contributed by atoms with Crippen LogP contribution in [0, 0.1) is 0 Å². The molecule has 0 fully saturated rings. The van der Waals surface area contributed by atoms with E-state index in [0.717, 1.165) is 12.1 Å². The number of hydrogen-bond acceptors (Lipinski definition) is 3. The second kappa shape index (κ2) is 5.15. The summed E-state index contributed by atoms with van der Waals surface area (Å²) in [5.74, 6) is 0.669. The molecule has 0 aromatic carbocycles. The van der Waals surface area contributed by atoms with E-state index in [1.807, 2.05) is 43.1 Å². The molecule has 2 aromatic heterocycles. The third kappa shape index (κ3) is 2.71. The third-order valence-corrected chi connectivity index (χ3v) is 1.93. The number of tetrazole rings is 1. The fraction of sp³-hybridized carbons (Fsp3) is 0.333. The van der Waals surface area contributed by atoms with Crippen molar-refractivity contribution in [2.75, 3.05) is 0 Å². The molecule has 0 bridgehead atoms. The van der Waals surface area contributed by atoms with Crippen molar-refractivity contribution in [1.29, 1.82) is 0 Å². The molecule has 5 nitrogen and oxygen atoms in total. The first-order valence-corrected chi connectivity index (χ1v) is 4.53. The summed E-state index contributed by atoms with van der Waals surface area (Å²) in [6.07, 6.45) is 3.94. The summed E-state index contributed by atoms with van der Waals surface area (Å²) in [5.41, 5.74) is 0.981. The van der Waals surface area contributed by atoms with Crippen LogP contribution in [-0.4, -0.2) is 20.2 Å². The Kier molecular flexibility index (Phi) is 4.13. The molecule has 0 atom stereocenters. The standard InChI is InChI=1S/C9H12N5.HI/c1-3-14-11-9(10-12-14)8-5-4-6-13(2)7-8;/h4-7H,3H2,1-2H3;1H/q+1;/p-1. The van der Waals surface area contributed by atoms with Crippen LogP contribution < -0.4 is 28.5 Å². The monoisotopic (exact) mass is 317 g/mol. The molecule has 0 radical (unpaired) electrons. The zero-order valence-electron chi connectivity index (χ0n) is 8.63. The number of rotatable bonds is 2. The molecule has 6 heteroatoms. The molecule has 2 rings (SSSR count). The Hall–Kier alpha value is -1.05. The zero-order valence-corrected chi connectivity index (χ0v) is 10.8. The molecule has 0 aliphatic heterocycles. The van der Waals surface area contributed by atoms with Gasteiger partial charge in [0.2, 0.25) is 5.82 Å². The second-order valence-electron chi connectivity index (χ2n) is 3.06. The minimum absolute atomic E-state index is 0. The lowest BCUT2D eigenvalue weighted by Gasteiger charge is -1.91. The van der Waals surface area contributed by atoms with Crippen molar-refractivity contribution in [2.45, 2.75) is 13.5 Å². The maximum atomic E-state index is 4.22. The molecular formula is C9H12IN5. The topological polar surface area (TPSA) is 47.5 Å². The first-order valence-electron chi connectivity index (χ1n) is 4.53. The summed E-state index contributed by atoms with van der Waals surface area (Å²) < 4.78 is 1.96. The van der Waals surface area contributed by atoms with Gasteiger partial charge >= 0.3 is 0 Å². The molecule has 0 saturated carbocycles. The number of pyridine rings is 1. The van der Waals surface area contributed by atoms with Crippen LogP contribution in [0.25, 0.3) is 11.4 Å². The summed E-state index contributed by atoms with van der Waals surface area (Å²) in [5, 5.41) is 12.1. The van der Waals surface area contributed by atoms with Gasteiger partial charge in [0.1, 0.15) is 7.05 Å². The second-order valence-corrected chi connectivity index (χ2v) is 3.06. The number of halogens is 1. The van der Waals surface area contributed by atoms with E-state index in [1.165, 1.54) is 0 Å². The van der Waals surface area contributed by atoms with E-state index in [-0.39, 0.29) is 24.0 Å². The molecular weight excluding hydrogens is 305 g/mol. The van der Waals surface area contributed by atoms with Crippen LogP contribution in [0.4, 0.5) is 0 Å². The van der Waals surface area contributed by atoms with Crippen molar-refractivity contribution in [1.82, 2.24) is 20.2 Å². The Morgan fingerprint density at radius 1 is 1.47 bits per heavy atom. The molecule has 2 aromatic rings. The molecule has 0 unspecified atom stereocenters. The molecule has 0 amide bonds. The highest BCUT2D eigenvalue weighted by Crippen LogP contribution is 2.09. The average Bonchev–Trinajstić information content (AvgIpc) is 2.66. The largest absolute Gasteiger partial charge is 1.00 e. The van der Waals surface area contributed by atoms with E-state index >= 15 is 0 Å². The quantitative estimate of drug-likeness (QED) is 0.444. The average molecular weight is 317 g/mol. The van der Waals surface area contributed by atoms with Crippen molar-refractivity contribution in [3.63, 3.8) is 0 Å². The predicted octanol–water partition coefficient (Wildman–Crippen LogP) is -2.81. The minimum Gasteiger partial charge on any atom is -1.00 e. The first kappa shape index (κ1) is 12.0. The van der Waals surface area contributed by atoms with Gasteiger partial charge < -0.3 is 24.0 Å². The van der Waals surface area contributed by atoms with Gasteiger partial charge in [-0.1, -0.05) is 0 Å². The van der Waals surface area contributed by atoms with E-state index in [2.05, 4.69) is 15.4 Å². The lowest BCUT2D eigenvalue weighted by atomic mass is 10.3. The lowest BCUT2D eigenvalue weighted by molar-refractivity contribution is -0.671. The van der Waals surface area contributed by atoms with Crippen molar-refractivity contribution in [2.24, 2.45) is 7.05 Å². The summed E-state index contributed by atoms with van der Waals surface area (Å²) in [4.78, 5) is 1.57. The summed E-state index contributed by atoms with van der Waals surface area (Å²) >= 11 is 0. The smallest absolute Gasteiger partial charge is 0.210 e. The van der Waals surface area contributed by atoms with Crippen LogP contribution in [0.5, 0.6) is 0 Å². The van der Waals surface area contributed by atoms with Gasteiger partial charge in [0.25, 0.3) is 0 Å². The van der Waals surface area contributed by atoms with Gasteiger partial charge in [0.15, 0.2) is 12.4 Å². The highest BCUT2D eigenvalue weighted by molar-refractivity contribution is 5.50. The van der Waals surface area contributed by atoms with Crippen LogP contribution in [-0.2, 0) is 13.6 Å². The summed E-state index contributed by atoms with van der Waals surface area (Å²) in [7, 11) is 1.97. The Morgan fingerprint density at radius 2 is 2.27 bits per heavy atom. The zero-order chi connectivity index (χ0) is 9.97. The molecule has 0 aliphatic rings.